The molecular weight excluding hydrogens is 363 g/mol. The number of benzene rings is 1. The molecule has 0 aliphatic carbocycles. The molecule has 0 fully saturated rings. The summed E-state index contributed by atoms with van der Waals surface area (Å²) in [4.78, 5) is 4.30. The molecule has 0 saturated heterocycles. The molecule has 2 aromatic rings. The molecule has 1 aromatic carbocycles. The molecule has 0 bridgehead atoms. The van der Waals surface area contributed by atoms with E-state index in [-0.39, 0.29) is 5.82 Å². The van der Waals surface area contributed by atoms with Gasteiger partial charge >= 0.3 is 0 Å². The second kappa shape index (κ2) is 6.41. The number of nitrogens with one attached hydrogen (secondary N) is 1. The first-order chi connectivity index (χ1) is 8.65. The molecule has 0 amide bonds. The largest absolute Gasteiger partial charge is 0.307 e. The summed E-state index contributed by atoms with van der Waals surface area (Å²) in [5, 5.41) is 3.23. The van der Waals surface area contributed by atoms with Gasteiger partial charge in [0.2, 0.25) is 0 Å². The van der Waals surface area contributed by atoms with E-state index >= 15 is 0 Å². The van der Waals surface area contributed by atoms with Crippen molar-refractivity contribution in [1.82, 2.24) is 10.3 Å². The molecule has 2 nitrogen and oxygen atoms in total. The maximum absolute atomic E-state index is 13.0. The van der Waals surface area contributed by atoms with E-state index in [0.717, 1.165) is 20.2 Å². The average Bonchev–Trinajstić information content (AvgIpc) is 2.32. The molecule has 2 rings (SSSR count). The molecule has 1 aromatic heterocycles. The van der Waals surface area contributed by atoms with Crippen molar-refractivity contribution in [2.45, 2.75) is 13.1 Å². The van der Waals surface area contributed by atoms with Gasteiger partial charge in [-0.05, 0) is 55.6 Å². The Labute approximate surface area is 122 Å². The minimum Gasteiger partial charge on any atom is -0.307 e. The van der Waals surface area contributed by atoms with Crippen LogP contribution in [0.3, 0.4) is 0 Å². The number of hydrogen-bond donors (Lipinski definition) is 1. The lowest BCUT2D eigenvalue weighted by atomic mass is 10.2. The van der Waals surface area contributed by atoms with E-state index in [4.69, 9.17) is 0 Å². The van der Waals surface area contributed by atoms with Gasteiger partial charge in [0.15, 0.2) is 0 Å². The third-order valence-electron chi connectivity index (χ3n) is 2.39. The lowest BCUT2D eigenvalue weighted by molar-refractivity contribution is 0.619. The van der Waals surface area contributed by atoms with Crippen LogP contribution in [0.5, 0.6) is 0 Å². The number of aromatic nitrogens is 1. The van der Waals surface area contributed by atoms with Crippen LogP contribution in [0.15, 0.2) is 45.5 Å². The number of halogens is 3. The van der Waals surface area contributed by atoms with E-state index in [2.05, 4.69) is 42.2 Å². The molecule has 0 aliphatic rings. The first-order valence-electron chi connectivity index (χ1n) is 5.40. The standard InChI is InChI=1S/C13H11Br2FN2/c14-10-5-12(15)13(18-7-10)8-17-6-9-2-1-3-11(16)4-9/h1-5,7,17H,6,8H2. The van der Waals surface area contributed by atoms with E-state index in [0.29, 0.717) is 13.1 Å². The van der Waals surface area contributed by atoms with Crippen molar-refractivity contribution in [2.75, 3.05) is 0 Å². The van der Waals surface area contributed by atoms with Gasteiger partial charge in [0.25, 0.3) is 0 Å². The molecule has 0 atom stereocenters. The van der Waals surface area contributed by atoms with Crippen LogP contribution in [-0.4, -0.2) is 4.98 Å². The highest BCUT2D eigenvalue weighted by Crippen LogP contribution is 2.19. The van der Waals surface area contributed by atoms with E-state index in [9.17, 15) is 4.39 Å². The Bertz CT molecular complexity index is 546. The van der Waals surface area contributed by atoms with Crippen molar-refractivity contribution in [2.24, 2.45) is 0 Å². The lowest BCUT2D eigenvalue weighted by Crippen LogP contribution is -2.14. The van der Waals surface area contributed by atoms with Crippen LogP contribution in [0, 0.1) is 5.82 Å². The second-order valence-corrected chi connectivity index (χ2v) is 5.59. The molecule has 0 unspecified atom stereocenters. The monoisotopic (exact) mass is 372 g/mol. The highest BCUT2D eigenvalue weighted by atomic mass is 79.9. The van der Waals surface area contributed by atoms with Crippen molar-refractivity contribution >= 4 is 31.9 Å². The zero-order valence-corrected chi connectivity index (χ0v) is 12.6. The van der Waals surface area contributed by atoms with E-state index in [1.165, 1.54) is 12.1 Å². The molecule has 5 heteroatoms. The van der Waals surface area contributed by atoms with E-state index in [1.807, 2.05) is 12.1 Å². The van der Waals surface area contributed by atoms with Gasteiger partial charge in [-0.2, -0.15) is 0 Å². The van der Waals surface area contributed by atoms with Gasteiger partial charge < -0.3 is 5.32 Å². The Morgan fingerprint density at radius 2 is 2.00 bits per heavy atom. The zero-order valence-electron chi connectivity index (χ0n) is 9.46. The summed E-state index contributed by atoms with van der Waals surface area (Å²) in [6, 6.07) is 8.51. The van der Waals surface area contributed by atoms with Gasteiger partial charge in [0.1, 0.15) is 5.82 Å². The Hall–Kier alpha value is -0.780. The van der Waals surface area contributed by atoms with Gasteiger partial charge in [0.05, 0.1) is 5.69 Å². The summed E-state index contributed by atoms with van der Waals surface area (Å²) in [6.45, 7) is 1.24. The molecule has 18 heavy (non-hydrogen) atoms. The molecule has 0 spiro atoms. The topological polar surface area (TPSA) is 24.9 Å². The fourth-order valence-electron chi connectivity index (χ4n) is 1.55. The van der Waals surface area contributed by atoms with Crippen LogP contribution >= 0.6 is 31.9 Å². The Kier molecular flexibility index (Phi) is 4.86. The predicted octanol–water partition coefficient (Wildman–Crippen LogP) is 4.04. The Morgan fingerprint density at radius 3 is 2.72 bits per heavy atom. The normalized spacial score (nSPS) is 10.6. The molecule has 1 heterocycles. The summed E-state index contributed by atoms with van der Waals surface area (Å²) >= 11 is 6.81. The summed E-state index contributed by atoms with van der Waals surface area (Å²) < 4.78 is 14.9. The van der Waals surface area contributed by atoms with Gasteiger partial charge in [0, 0.05) is 28.2 Å². The second-order valence-electron chi connectivity index (χ2n) is 3.82. The molecule has 1 N–H and O–H groups in total. The fourth-order valence-corrected chi connectivity index (χ4v) is 2.67. The van der Waals surface area contributed by atoms with Crippen molar-refractivity contribution in [3.05, 3.63) is 62.5 Å². The molecule has 0 radical (unpaired) electrons. The summed E-state index contributed by atoms with van der Waals surface area (Å²) in [5.74, 6) is -0.211. The number of pyridine rings is 1. The number of hydrogen-bond acceptors (Lipinski definition) is 2. The maximum Gasteiger partial charge on any atom is 0.123 e. The van der Waals surface area contributed by atoms with Crippen LogP contribution in [-0.2, 0) is 13.1 Å². The van der Waals surface area contributed by atoms with Crippen molar-refractivity contribution < 1.29 is 4.39 Å². The van der Waals surface area contributed by atoms with E-state index < -0.39 is 0 Å². The van der Waals surface area contributed by atoms with Gasteiger partial charge in [-0.15, -0.1) is 0 Å². The maximum atomic E-state index is 13.0. The van der Waals surface area contributed by atoms with Crippen molar-refractivity contribution in [3.8, 4) is 0 Å². The first-order valence-corrected chi connectivity index (χ1v) is 6.99. The highest BCUT2D eigenvalue weighted by molar-refractivity contribution is 9.11. The molecular formula is C13H11Br2FN2. The number of rotatable bonds is 4. The zero-order chi connectivity index (χ0) is 13.0. The van der Waals surface area contributed by atoms with Crippen LogP contribution in [0.2, 0.25) is 0 Å². The summed E-state index contributed by atoms with van der Waals surface area (Å²) in [5.41, 5.74) is 1.85. The van der Waals surface area contributed by atoms with Crippen LogP contribution in [0.25, 0.3) is 0 Å². The fraction of sp³-hybridized carbons (Fsp3) is 0.154. The SMILES string of the molecule is Fc1cccc(CNCc2ncc(Br)cc2Br)c1. The average molecular weight is 374 g/mol. The minimum atomic E-state index is -0.211. The number of nitrogens with zero attached hydrogens (tertiary/aromatic N) is 1. The molecule has 0 saturated carbocycles. The van der Waals surface area contributed by atoms with Gasteiger partial charge in [-0.1, -0.05) is 12.1 Å². The van der Waals surface area contributed by atoms with Crippen LogP contribution < -0.4 is 5.32 Å². The lowest BCUT2D eigenvalue weighted by Gasteiger charge is -2.06. The molecule has 0 aliphatic heterocycles. The minimum absolute atomic E-state index is 0.211. The summed E-state index contributed by atoms with van der Waals surface area (Å²) in [6.07, 6.45) is 1.75. The van der Waals surface area contributed by atoms with Crippen LogP contribution in [0.4, 0.5) is 4.39 Å². The predicted molar refractivity (Wildman–Crippen MR) is 76.6 cm³/mol. The third-order valence-corrected chi connectivity index (χ3v) is 3.51. The highest BCUT2D eigenvalue weighted by Gasteiger charge is 2.02. The first kappa shape index (κ1) is 13.6. The van der Waals surface area contributed by atoms with Gasteiger partial charge in [-0.3, -0.25) is 4.98 Å². The van der Waals surface area contributed by atoms with Crippen molar-refractivity contribution in [1.29, 1.82) is 0 Å². The third kappa shape index (κ3) is 3.86. The Balaban J connectivity index is 1.92. The summed E-state index contributed by atoms with van der Waals surface area (Å²) in [7, 11) is 0. The van der Waals surface area contributed by atoms with Crippen molar-refractivity contribution in [3.63, 3.8) is 0 Å². The molecule has 94 valence electrons. The Morgan fingerprint density at radius 1 is 1.17 bits per heavy atom. The quantitative estimate of drug-likeness (QED) is 0.874. The van der Waals surface area contributed by atoms with Crippen LogP contribution in [0.1, 0.15) is 11.3 Å². The van der Waals surface area contributed by atoms with E-state index in [1.54, 1.807) is 12.3 Å². The smallest absolute Gasteiger partial charge is 0.123 e. The van der Waals surface area contributed by atoms with Gasteiger partial charge in [-0.25, -0.2) is 4.39 Å².